The van der Waals surface area contributed by atoms with Crippen molar-refractivity contribution in [3.8, 4) is 16.9 Å². The molecule has 2 aromatic carbocycles. The van der Waals surface area contributed by atoms with Crippen molar-refractivity contribution in [2.24, 2.45) is 5.73 Å². The van der Waals surface area contributed by atoms with Crippen LogP contribution in [-0.2, 0) is 6.54 Å². The molecule has 22 heavy (non-hydrogen) atoms. The van der Waals surface area contributed by atoms with Gasteiger partial charge in [-0.1, -0.05) is 11.3 Å². The highest BCUT2D eigenvalue weighted by molar-refractivity contribution is 5.64. The number of halogens is 3. The Bertz CT molecular complexity index is 829. The minimum atomic E-state index is -0.993. The maximum Gasteiger partial charge on any atom is 0.159 e. The summed E-state index contributed by atoms with van der Waals surface area (Å²) in [7, 11) is 0. The van der Waals surface area contributed by atoms with Gasteiger partial charge in [-0.2, -0.15) is 0 Å². The van der Waals surface area contributed by atoms with Gasteiger partial charge in [0.1, 0.15) is 11.5 Å². The summed E-state index contributed by atoms with van der Waals surface area (Å²) in [6.45, 7) is 0.0592. The lowest BCUT2D eigenvalue weighted by molar-refractivity contribution is 0.509. The van der Waals surface area contributed by atoms with E-state index in [4.69, 9.17) is 5.73 Å². The number of nitrogens with zero attached hydrogens (tertiary/aromatic N) is 3. The Morgan fingerprint density at radius 2 is 1.82 bits per heavy atom. The van der Waals surface area contributed by atoms with Gasteiger partial charge in [0, 0.05) is 12.1 Å². The number of rotatable bonds is 3. The predicted octanol–water partition coefficient (Wildman–Crippen LogP) is 2.81. The molecule has 0 atom stereocenters. The molecule has 3 rings (SSSR count). The van der Waals surface area contributed by atoms with Gasteiger partial charge in [-0.25, -0.2) is 17.9 Å². The second kappa shape index (κ2) is 5.61. The zero-order chi connectivity index (χ0) is 15.7. The lowest BCUT2D eigenvalue weighted by Crippen LogP contribution is -2.03. The Balaban J connectivity index is 2.21. The van der Waals surface area contributed by atoms with Gasteiger partial charge in [0.25, 0.3) is 0 Å². The predicted molar refractivity (Wildman–Crippen MR) is 74.6 cm³/mol. The Morgan fingerprint density at radius 1 is 1.00 bits per heavy atom. The molecular formula is C15H11F3N4. The third kappa shape index (κ3) is 2.46. The summed E-state index contributed by atoms with van der Waals surface area (Å²) >= 11 is 0. The molecule has 112 valence electrons. The third-order valence-electron chi connectivity index (χ3n) is 3.18. The highest BCUT2D eigenvalue weighted by Gasteiger charge is 2.17. The van der Waals surface area contributed by atoms with E-state index in [1.807, 2.05) is 0 Å². The molecule has 0 radical (unpaired) electrons. The van der Waals surface area contributed by atoms with E-state index in [2.05, 4.69) is 10.3 Å². The largest absolute Gasteiger partial charge is 0.325 e. The van der Waals surface area contributed by atoms with Gasteiger partial charge >= 0.3 is 0 Å². The van der Waals surface area contributed by atoms with E-state index in [9.17, 15) is 13.2 Å². The number of hydrogen-bond donors (Lipinski definition) is 1. The summed E-state index contributed by atoms with van der Waals surface area (Å²) in [4.78, 5) is 0. The summed E-state index contributed by atoms with van der Waals surface area (Å²) in [6.07, 6.45) is 0. The molecule has 0 aliphatic carbocycles. The minimum Gasteiger partial charge on any atom is -0.325 e. The summed E-state index contributed by atoms with van der Waals surface area (Å²) in [5, 5.41) is 7.85. The van der Waals surface area contributed by atoms with Crippen LogP contribution in [0, 0.1) is 17.5 Å². The van der Waals surface area contributed by atoms with E-state index >= 15 is 0 Å². The van der Waals surface area contributed by atoms with Gasteiger partial charge in [0.15, 0.2) is 11.6 Å². The first-order valence-electron chi connectivity index (χ1n) is 6.46. The molecular weight excluding hydrogens is 293 g/mol. The van der Waals surface area contributed by atoms with E-state index in [1.165, 1.54) is 28.9 Å². The molecule has 0 saturated heterocycles. The highest BCUT2D eigenvalue weighted by Crippen LogP contribution is 2.26. The molecule has 7 heteroatoms. The second-order valence-electron chi connectivity index (χ2n) is 4.61. The molecule has 0 bridgehead atoms. The van der Waals surface area contributed by atoms with Crippen molar-refractivity contribution in [1.29, 1.82) is 0 Å². The monoisotopic (exact) mass is 304 g/mol. The molecule has 0 amide bonds. The molecule has 0 aliphatic rings. The average molecular weight is 304 g/mol. The van der Waals surface area contributed by atoms with E-state index in [1.54, 1.807) is 6.07 Å². The van der Waals surface area contributed by atoms with Crippen molar-refractivity contribution in [1.82, 2.24) is 15.0 Å². The van der Waals surface area contributed by atoms with Crippen LogP contribution in [0.3, 0.4) is 0 Å². The molecule has 0 aliphatic heterocycles. The van der Waals surface area contributed by atoms with Crippen LogP contribution in [0.25, 0.3) is 16.9 Å². The molecule has 0 saturated carbocycles. The summed E-state index contributed by atoms with van der Waals surface area (Å²) in [5.74, 6) is -2.39. The first-order chi connectivity index (χ1) is 10.6. The number of nitrogens with two attached hydrogens (primary N) is 1. The van der Waals surface area contributed by atoms with Gasteiger partial charge in [0.05, 0.1) is 11.4 Å². The summed E-state index contributed by atoms with van der Waals surface area (Å²) < 4.78 is 41.3. The third-order valence-corrected chi connectivity index (χ3v) is 3.18. The summed E-state index contributed by atoms with van der Waals surface area (Å²) in [6, 6.07) is 9.13. The molecule has 0 fully saturated rings. The first kappa shape index (κ1) is 14.3. The van der Waals surface area contributed by atoms with E-state index in [0.29, 0.717) is 22.6 Å². The van der Waals surface area contributed by atoms with Crippen LogP contribution < -0.4 is 5.73 Å². The lowest BCUT2D eigenvalue weighted by Gasteiger charge is -2.08. The fourth-order valence-electron chi connectivity index (χ4n) is 2.17. The summed E-state index contributed by atoms with van der Waals surface area (Å²) in [5.41, 5.74) is 7.18. The van der Waals surface area contributed by atoms with Crippen LogP contribution in [0.5, 0.6) is 0 Å². The Morgan fingerprint density at radius 3 is 2.50 bits per heavy atom. The van der Waals surface area contributed by atoms with Crippen LogP contribution in [0.15, 0.2) is 42.5 Å². The van der Waals surface area contributed by atoms with Crippen LogP contribution in [0.1, 0.15) is 5.69 Å². The van der Waals surface area contributed by atoms with Crippen LogP contribution >= 0.6 is 0 Å². The SMILES string of the molecule is NCc1nnn(-c2cccc(F)c2)c1-c1ccc(F)c(F)c1. The fraction of sp³-hybridized carbons (Fsp3) is 0.0667. The van der Waals surface area contributed by atoms with Crippen LogP contribution in [0.4, 0.5) is 13.2 Å². The van der Waals surface area contributed by atoms with E-state index in [0.717, 1.165) is 12.1 Å². The number of hydrogen-bond acceptors (Lipinski definition) is 3. The molecule has 4 nitrogen and oxygen atoms in total. The Kier molecular flexibility index (Phi) is 3.64. The Hall–Kier alpha value is -2.67. The number of benzene rings is 2. The van der Waals surface area contributed by atoms with Gasteiger partial charge < -0.3 is 5.73 Å². The first-order valence-corrected chi connectivity index (χ1v) is 6.46. The van der Waals surface area contributed by atoms with Crippen molar-refractivity contribution in [3.63, 3.8) is 0 Å². The van der Waals surface area contributed by atoms with Gasteiger partial charge in [-0.15, -0.1) is 5.10 Å². The van der Waals surface area contributed by atoms with Crippen molar-refractivity contribution < 1.29 is 13.2 Å². The number of aromatic nitrogens is 3. The maximum absolute atomic E-state index is 13.5. The van der Waals surface area contributed by atoms with Crippen molar-refractivity contribution in [2.75, 3.05) is 0 Å². The lowest BCUT2D eigenvalue weighted by atomic mass is 10.1. The van der Waals surface area contributed by atoms with E-state index < -0.39 is 17.5 Å². The van der Waals surface area contributed by atoms with Gasteiger partial charge in [-0.05, 0) is 36.4 Å². The average Bonchev–Trinajstić information content (AvgIpc) is 2.94. The standard InChI is InChI=1S/C15H11F3N4/c16-10-2-1-3-11(7-10)22-15(14(8-19)20-21-22)9-4-5-12(17)13(18)6-9/h1-7H,8,19H2. The topological polar surface area (TPSA) is 56.7 Å². The van der Waals surface area contributed by atoms with Crippen molar-refractivity contribution in [3.05, 3.63) is 65.6 Å². The smallest absolute Gasteiger partial charge is 0.159 e. The molecule has 3 aromatic rings. The molecule has 2 N–H and O–H groups in total. The normalized spacial score (nSPS) is 10.9. The van der Waals surface area contributed by atoms with Crippen molar-refractivity contribution >= 4 is 0 Å². The maximum atomic E-state index is 13.5. The molecule has 1 aromatic heterocycles. The highest BCUT2D eigenvalue weighted by atomic mass is 19.2. The van der Waals surface area contributed by atoms with Gasteiger partial charge in [-0.3, -0.25) is 0 Å². The quantitative estimate of drug-likeness (QED) is 0.809. The van der Waals surface area contributed by atoms with Crippen LogP contribution in [0.2, 0.25) is 0 Å². The zero-order valence-electron chi connectivity index (χ0n) is 11.3. The molecule has 0 unspecified atom stereocenters. The second-order valence-corrected chi connectivity index (χ2v) is 4.61. The van der Waals surface area contributed by atoms with Crippen molar-refractivity contribution in [2.45, 2.75) is 6.54 Å². The molecule has 1 heterocycles. The van der Waals surface area contributed by atoms with Gasteiger partial charge in [0.2, 0.25) is 0 Å². The Labute approximate surface area is 124 Å². The molecule has 0 spiro atoms. The van der Waals surface area contributed by atoms with Crippen LogP contribution in [-0.4, -0.2) is 15.0 Å². The zero-order valence-corrected chi connectivity index (χ0v) is 11.3. The fourth-order valence-corrected chi connectivity index (χ4v) is 2.17. The van der Waals surface area contributed by atoms with E-state index in [-0.39, 0.29) is 6.54 Å². The minimum absolute atomic E-state index is 0.0592.